The number of hydrogen-bond acceptors (Lipinski definition) is 2. The minimum atomic E-state index is 1.15. The minimum Gasteiger partial charge on any atom is -0.309 e. The first-order valence-electron chi connectivity index (χ1n) is 14.4. The Kier molecular flexibility index (Phi) is 5.13. The summed E-state index contributed by atoms with van der Waals surface area (Å²) in [5.41, 5.74) is 3.54. The molecule has 0 N–H and O–H groups in total. The smallest absolute Gasteiger partial charge is 0.0555 e. The van der Waals surface area contributed by atoms with E-state index in [4.69, 9.17) is 0 Å². The molecule has 0 amide bonds. The molecule has 8 aromatic carbocycles. The highest BCUT2D eigenvalue weighted by Gasteiger charge is 2.21. The Bertz CT molecular complexity index is 2470. The van der Waals surface area contributed by atoms with Crippen molar-refractivity contribution in [2.45, 2.75) is 0 Å². The van der Waals surface area contributed by atoms with Crippen molar-refractivity contribution in [3.63, 3.8) is 0 Å². The zero-order valence-electron chi connectivity index (χ0n) is 22.8. The maximum atomic E-state index is 2.48. The molecule has 0 saturated heterocycles. The van der Waals surface area contributed by atoms with E-state index < -0.39 is 0 Å². The summed E-state index contributed by atoms with van der Waals surface area (Å²) in [6.07, 6.45) is 0. The predicted molar refractivity (Wildman–Crippen MR) is 184 cm³/mol. The van der Waals surface area contributed by atoms with Crippen LogP contribution < -0.4 is 4.90 Å². The zero-order chi connectivity index (χ0) is 27.6. The second-order valence-corrected chi connectivity index (χ2v) is 12.0. The van der Waals surface area contributed by atoms with Crippen LogP contribution in [0.1, 0.15) is 0 Å². The first kappa shape index (κ1) is 23.5. The van der Waals surface area contributed by atoms with E-state index in [-0.39, 0.29) is 0 Å². The summed E-state index contributed by atoms with van der Waals surface area (Å²) >= 11 is 1.88. The fourth-order valence-electron chi connectivity index (χ4n) is 6.78. The van der Waals surface area contributed by atoms with Gasteiger partial charge in [0, 0.05) is 31.2 Å². The van der Waals surface area contributed by atoms with Crippen molar-refractivity contribution >= 4 is 91.7 Å². The fourth-order valence-corrected chi connectivity index (χ4v) is 7.92. The van der Waals surface area contributed by atoms with Crippen molar-refractivity contribution in [1.29, 1.82) is 0 Å². The van der Waals surface area contributed by atoms with E-state index in [1.807, 2.05) is 11.3 Å². The molecule has 42 heavy (non-hydrogen) atoms. The first-order chi connectivity index (χ1) is 20.8. The van der Waals surface area contributed by atoms with Crippen LogP contribution in [-0.4, -0.2) is 0 Å². The largest absolute Gasteiger partial charge is 0.309 e. The van der Waals surface area contributed by atoms with Gasteiger partial charge in [0.2, 0.25) is 0 Å². The molecule has 0 bridgehead atoms. The highest BCUT2D eigenvalue weighted by atomic mass is 32.1. The van der Waals surface area contributed by atoms with E-state index >= 15 is 0 Å². The number of thiophene rings is 1. The van der Waals surface area contributed by atoms with Crippen LogP contribution in [0, 0.1) is 0 Å². The number of anilines is 3. The highest BCUT2D eigenvalue weighted by Crippen LogP contribution is 2.49. The van der Waals surface area contributed by atoms with E-state index in [0.29, 0.717) is 0 Å². The highest BCUT2D eigenvalue weighted by molar-refractivity contribution is 7.26. The van der Waals surface area contributed by atoms with E-state index in [1.54, 1.807) is 0 Å². The van der Waals surface area contributed by atoms with Crippen LogP contribution in [0.2, 0.25) is 0 Å². The van der Waals surface area contributed by atoms with E-state index in [9.17, 15) is 0 Å². The van der Waals surface area contributed by atoms with Gasteiger partial charge in [-0.1, -0.05) is 115 Å². The SMILES string of the molecule is c1ccc(N(c2cccc3ccc4c5ccccc5ccc4c23)c2cccc3sc4ccc5ccccc5c4c23)cc1. The second kappa shape index (κ2) is 9.17. The van der Waals surface area contributed by atoms with Crippen molar-refractivity contribution in [3.05, 3.63) is 152 Å². The van der Waals surface area contributed by atoms with Crippen LogP contribution in [0.3, 0.4) is 0 Å². The van der Waals surface area contributed by atoms with Gasteiger partial charge in [-0.05, 0) is 74.1 Å². The molecule has 1 nitrogen and oxygen atoms in total. The van der Waals surface area contributed by atoms with Gasteiger partial charge in [0.15, 0.2) is 0 Å². The lowest BCUT2D eigenvalue weighted by atomic mass is 9.95. The van der Waals surface area contributed by atoms with Gasteiger partial charge in [-0.25, -0.2) is 0 Å². The average molecular weight is 552 g/mol. The van der Waals surface area contributed by atoms with Crippen molar-refractivity contribution < 1.29 is 0 Å². The molecule has 0 unspecified atom stereocenters. The molecule has 0 aliphatic rings. The van der Waals surface area contributed by atoms with E-state index in [2.05, 4.69) is 157 Å². The van der Waals surface area contributed by atoms with Gasteiger partial charge in [-0.15, -0.1) is 11.3 Å². The molecule has 1 aromatic heterocycles. The van der Waals surface area contributed by atoms with E-state index in [1.165, 1.54) is 74.6 Å². The van der Waals surface area contributed by atoms with Gasteiger partial charge in [-0.3, -0.25) is 0 Å². The number of fused-ring (bicyclic) bond motifs is 10. The normalized spacial score (nSPS) is 11.8. The standard InChI is InChI=1S/C40H25NS/c1-2-13-29(14-3-1)41(35-18-9-19-36-40(35)39-31-16-7-5-11-27(31)22-25-37(39)42-36)34-17-8-12-28-21-23-32-30-15-6-4-10-26(30)20-24-33(32)38(28)34/h1-25H. The molecule has 0 radical (unpaired) electrons. The molecule has 9 aromatic rings. The third kappa shape index (κ3) is 3.43. The first-order valence-corrected chi connectivity index (χ1v) is 15.2. The molecule has 2 heteroatoms. The average Bonchev–Trinajstić information content (AvgIpc) is 3.45. The predicted octanol–water partition coefficient (Wildman–Crippen LogP) is 12.1. The Balaban J connectivity index is 1.44. The minimum absolute atomic E-state index is 1.15. The van der Waals surface area contributed by atoms with Crippen LogP contribution in [0.5, 0.6) is 0 Å². The van der Waals surface area contributed by atoms with Gasteiger partial charge >= 0.3 is 0 Å². The third-order valence-corrected chi connectivity index (χ3v) is 9.73. The van der Waals surface area contributed by atoms with Crippen molar-refractivity contribution in [2.75, 3.05) is 4.90 Å². The second-order valence-electron chi connectivity index (χ2n) is 10.9. The zero-order valence-corrected chi connectivity index (χ0v) is 23.6. The van der Waals surface area contributed by atoms with Gasteiger partial charge in [0.05, 0.1) is 11.4 Å². The molecule has 0 saturated carbocycles. The Labute approximate surface area is 247 Å². The summed E-state index contributed by atoms with van der Waals surface area (Å²) < 4.78 is 2.62. The quantitative estimate of drug-likeness (QED) is 0.197. The summed E-state index contributed by atoms with van der Waals surface area (Å²) in [7, 11) is 0. The maximum absolute atomic E-state index is 2.48. The van der Waals surface area contributed by atoms with Crippen molar-refractivity contribution in [1.82, 2.24) is 0 Å². The number of benzene rings is 8. The lowest BCUT2D eigenvalue weighted by molar-refractivity contribution is 1.32. The van der Waals surface area contributed by atoms with Gasteiger partial charge in [0.25, 0.3) is 0 Å². The summed E-state index contributed by atoms with van der Waals surface area (Å²) in [5, 5.41) is 12.8. The van der Waals surface area contributed by atoms with Crippen molar-refractivity contribution in [2.24, 2.45) is 0 Å². The van der Waals surface area contributed by atoms with Crippen LogP contribution in [0.4, 0.5) is 17.1 Å². The Hall–Kier alpha value is -5.18. The van der Waals surface area contributed by atoms with Crippen LogP contribution in [-0.2, 0) is 0 Å². The number of rotatable bonds is 3. The summed E-state index contributed by atoms with van der Waals surface area (Å²) in [4.78, 5) is 2.48. The van der Waals surface area contributed by atoms with Crippen molar-refractivity contribution in [3.8, 4) is 0 Å². The molecule has 9 rings (SSSR count). The molecule has 0 aliphatic heterocycles. The molecule has 0 fully saturated rings. The lowest BCUT2D eigenvalue weighted by Crippen LogP contribution is -2.11. The molecule has 196 valence electrons. The Morgan fingerprint density at radius 3 is 1.79 bits per heavy atom. The van der Waals surface area contributed by atoms with Gasteiger partial charge < -0.3 is 4.90 Å². The molecule has 0 aliphatic carbocycles. The molecule has 0 spiro atoms. The summed E-state index contributed by atoms with van der Waals surface area (Å²) in [5.74, 6) is 0. The number of hydrogen-bond donors (Lipinski definition) is 0. The fraction of sp³-hybridized carbons (Fsp3) is 0. The lowest BCUT2D eigenvalue weighted by Gasteiger charge is -2.28. The monoisotopic (exact) mass is 551 g/mol. The van der Waals surface area contributed by atoms with Crippen LogP contribution in [0.25, 0.3) is 63.3 Å². The number of nitrogens with zero attached hydrogens (tertiary/aromatic N) is 1. The van der Waals surface area contributed by atoms with Crippen LogP contribution >= 0.6 is 11.3 Å². The van der Waals surface area contributed by atoms with Gasteiger partial charge in [0.1, 0.15) is 0 Å². The summed E-state index contributed by atoms with van der Waals surface area (Å²) in [6.45, 7) is 0. The molecular formula is C40H25NS. The Morgan fingerprint density at radius 1 is 0.333 bits per heavy atom. The number of para-hydroxylation sites is 1. The topological polar surface area (TPSA) is 3.24 Å². The maximum Gasteiger partial charge on any atom is 0.0555 e. The molecular weight excluding hydrogens is 527 g/mol. The van der Waals surface area contributed by atoms with E-state index in [0.717, 1.165) is 5.69 Å². The third-order valence-electron chi connectivity index (χ3n) is 8.61. The van der Waals surface area contributed by atoms with Crippen LogP contribution in [0.15, 0.2) is 152 Å². The molecule has 1 heterocycles. The van der Waals surface area contributed by atoms with Gasteiger partial charge in [-0.2, -0.15) is 0 Å². The summed E-state index contributed by atoms with van der Waals surface area (Å²) in [6, 6.07) is 55.5. The molecule has 0 atom stereocenters. The Morgan fingerprint density at radius 2 is 0.929 bits per heavy atom.